The molecule has 234 valence electrons. The topological polar surface area (TPSA) is 239 Å². The number of aromatic amines is 1. The SMILES string of the molecule is Nc1nc2c(ncn2[C@@H]2O[C@@H]3CO[P+](=O)O[C@H]4[C@H](F)[C@H](n5ccc6c(N)ncnc65)O[C@@H]4COP(O)(=S)O[C@@H]2[C@H]3F)c(=O)[nH]1. The number of imidazole rings is 1. The summed E-state index contributed by atoms with van der Waals surface area (Å²) >= 11 is 5.16. The minimum Gasteiger partial charge on any atom is -0.383 e. The summed E-state index contributed by atoms with van der Waals surface area (Å²) in [5, 5.41) is 0.440. The summed E-state index contributed by atoms with van der Waals surface area (Å²) < 4.78 is 80.3. The van der Waals surface area contributed by atoms with Crippen LogP contribution in [0.25, 0.3) is 22.2 Å². The number of anilines is 2. The van der Waals surface area contributed by atoms with E-state index < -0.39 is 83.0 Å². The Morgan fingerprint density at radius 1 is 1.07 bits per heavy atom. The van der Waals surface area contributed by atoms with Crippen LogP contribution in [0.2, 0.25) is 0 Å². The van der Waals surface area contributed by atoms with Crippen molar-refractivity contribution in [1.29, 1.82) is 0 Å². The normalized spacial score (nSPS) is 35.8. The maximum absolute atomic E-state index is 15.9. The molecule has 4 aromatic rings. The van der Waals surface area contributed by atoms with Crippen molar-refractivity contribution in [1.82, 2.24) is 34.1 Å². The van der Waals surface area contributed by atoms with Crippen LogP contribution in [0.15, 0.2) is 29.7 Å². The average Bonchev–Trinajstić information content (AvgIpc) is 3.72. The zero-order chi connectivity index (χ0) is 30.9. The molecule has 3 aliphatic heterocycles. The fourth-order valence-corrected chi connectivity index (χ4v) is 7.47. The largest absolute Gasteiger partial charge is 0.697 e. The van der Waals surface area contributed by atoms with E-state index in [2.05, 4.69) is 24.9 Å². The Kier molecular flexibility index (Phi) is 7.44. The van der Waals surface area contributed by atoms with Crippen LogP contribution in [0.4, 0.5) is 20.5 Å². The lowest BCUT2D eigenvalue weighted by Crippen LogP contribution is -2.33. The van der Waals surface area contributed by atoms with Crippen LogP contribution in [-0.4, -0.2) is 88.9 Å². The van der Waals surface area contributed by atoms with Crippen LogP contribution in [0.1, 0.15) is 12.5 Å². The third-order valence-corrected chi connectivity index (χ3v) is 9.61. The molecule has 3 fully saturated rings. The molecule has 4 aromatic heterocycles. The van der Waals surface area contributed by atoms with Crippen molar-refractivity contribution in [2.75, 3.05) is 24.7 Å². The average molecular weight is 676 g/mol. The third kappa shape index (κ3) is 5.08. The first kappa shape index (κ1) is 29.6. The van der Waals surface area contributed by atoms with Gasteiger partial charge in [-0.15, -0.1) is 9.05 Å². The van der Waals surface area contributed by atoms with Gasteiger partial charge < -0.3 is 34.9 Å². The van der Waals surface area contributed by atoms with Gasteiger partial charge in [-0.2, -0.15) is 4.98 Å². The number of aromatic nitrogens is 7. The van der Waals surface area contributed by atoms with E-state index in [0.717, 1.165) is 6.33 Å². The highest BCUT2D eigenvalue weighted by Crippen LogP contribution is 2.52. The fourth-order valence-electron chi connectivity index (χ4n) is 5.28. The molecule has 18 nitrogen and oxygen atoms in total. The van der Waals surface area contributed by atoms with Crippen molar-refractivity contribution >= 4 is 60.7 Å². The maximum Gasteiger partial charge on any atom is 0.697 e. The second kappa shape index (κ2) is 11.1. The van der Waals surface area contributed by atoms with E-state index in [1.807, 2.05) is 0 Å². The van der Waals surface area contributed by atoms with Gasteiger partial charge in [0.1, 0.15) is 42.7 Å². The molecule has 7 rings (SSSR count). The second-order valence-electron chi connectivity index (χ2n) is 9.94. The van der Waals surface area contributed by atoms with Gasteiger partial charge in [0.2, 0.25) is 5.95 Å². The summed E-state index contributed by atoms with van der Waals surface area (Å²) in [6.45, 7) is -5.58. The number of hydrogen-bond donors (Lipinski definition) is 4. The van der Waals surface area contributed by atoms with Crippen LogP contribution >= 0.6 is 15.0 Å². The molecule has 23 heteroatoms. The molecule has 3 saturated heterocycles. The van der Waals surface area contributed by atoms with Gasteiger partial charge in [0, 0.05) is 10.8 Å². The number of nitrogens with two attached hydrogens (primary N) is 2. The second-order valence-corrected chi connectivity index (χ2v) is 13.6. The Bertz CT molecular complexity index is 1880. The Hall–Kier alpha value is -3.10. The van der Waals surface area contributed by atoms with E-state index in [4.69, 9.17) is 50.8 Å². The van der Waals surface area contributed by atoms with Crippen molar-refractivity contribution in [2.45, 2.75) is 49.2 Å². The van der Waals surface area contributed by atoms with Gasteiger partial charge in [-0.25, -0.2) is 23.7 Å². The van der Waals surface area contributed by atoms with E-state index in [-0.39, 0.29) is 28.6 Å². The molecular formula is C21H22F2N9O9P2S+. The molecule has 6 N–H and O–H groups in total. The van der Waals surface area contributed by atoms with E-state index in [9.17, 15) is 14.3 Å². The Labute approximate surface area is 249 Å². The number of halogens is 2. The summed E-state index contributed by atoms with van der Waals surface area (Å²) in [5.41, 5.74) is 10.9. The van der Waals surface area contributed by atoms with Crippen LogP contribution in [0.3, 0.4) is 0 Å². The molecule has 0 aliphatic carbocycles. The minimum atomic E-state index is -4.31. The standard InChI is InChI=1S/C21H21F2N9O9P2S/c22-10-8-3-36-42(34)40-13-9(39-19(11(13)23)31-2-1-7-15(24)26-5-27-16(7)31)4-37-43(35,44)41-14(10)20(38-8)32-6-28-12-17(32)29-21(25)30-18(12)33/h1-2,5-6,8-11,13-14,19-20H,3-4H2,(H5-,24,25,26,27,29,30,33,35,44)/p+1/t8-,9-,10+,11+,13-,14-,19-,20-,43?/m1/s1. The number of rotatable bonds is 2. The number of nitrogens with zero attached hydrogens (tertiary/aromatic N) is 6. The number of ether oxygens (including phenoxy) is 2. The summed E-state index contributed by atoms with van der Waals surface area (Å²) in [5.74, 6) is -0.0855. The lowest BCUT2D eigenvalue weighted by atomic mass is 10.1. The number of hydrogen-bond acceptors (Lipinski definition) is 15. The number of alkyl halides is 2. The van der Waals surface area contributed by atoms with Gasteiger partial charge in [-0.1, -0.05) is 0 Å². The predicted octanol–water partition coefficient (Wildman–Crippen LogP) is 0.891. The van der Waals surface area contributed by atoms with E-state index in [1.54, 1.807) is 6.07 Å². The van der Waals surface area contributed by atoms with Gasteiger partial charge in [0.05, 0.1) is 18.3 Å². The summed E-state index contributed by atoms with van der Waals surface area (Å²) in [6.07, 6.45) is -8.90. The van der Waals surface area contributed by atoms with Gasteiger partial charge in [-0.05, 0) is 17.9 Å². The first-order valence-corrected chi connectivity index (χ1v) is 16.5. The number of nitrogens with one attached hydrogen (secondary N) is 1. The molecule has 0 amide bonds. The monoisotopic (exact) mass is 676 g/mol. The van der Waals surface area contributed by atoms with Crippen molar-refractivity contribution in [3.05, 3.63) is 35.3 Å². The van der Waals surface area contributed by atoms with Gasteiger partial charge in [0.15, 0.2) is 42.1 Å². The molecule has 0 spiro atoms. The first-order chi connectivity index (χ1) is 21.0. The van der Waals surface area contributed by atoms with Gasteiger partial charge >= 0.3 is 15.0 Å². The number of fused-ring (bicyclic) bond motifs is 5. The molecule has 3 aliphatic rings. The van der Waals surface area contributed by atoms with Crippen molar-refractivity contribution in [3.63, 3.8) is 0 Å². The van der Waals surface area contributed by atoms with Crippen molar-refractivity contribution < 1.29 is 45.8 Å². The van der Waals surface area contributed by atoms with Crippen LogP contribution in [0.5, 0.6) is 0 Å². The molecule has 2 bridgehead atoms. The lowest BCUT2D eigenvalue weighted by Gasteiger charge is -2.26. The highest BCUT2D eigenvalue weighted by molar-refractivity contribution is 8.07. The lowest BCUT2D eigenvalue weighted by molar-refractivity contribution is -0.0580. The highest BCUT2D eigenvalue weighted by atomic mass is 32.5. The molecule has 0 aromatic carbocycles. The Balaban J connectivity index is 1.18. The predicted molar refractivity (Wildman–Crippen MR) is 148 cm³/mol. The molecular weight excluding hydrogens is 654 g/mol. The molecule has 0 saturated carbocycles. The first-order valence-electron chi connectivity index (χ1n) is 12.8. The van der Waals surface area contributed by atoms with Gasteiger partial charge in [0.25, 0.3) is 5.56 Å². The summed E-state index contributed by atoms with van der Waals surface area (Å²) in [6, 6.07) is 1.57. The maximum atomic E-state index is 15.9. The quantitative estimate of drug-likeness (QED) is 0.216. The van der Waals surface area contributed by atoms with Crippen molar-refractivity contribution in [3.8, 4) is 0 Å². The zero-order valence-corrected chi connectivity index (χ0v) is 24.6. The van der Waals surface area contributed by atoms with E-state index >= 15 is 8.78 Å². The number of H-pyrrole nitrogens is 1. The number of nitrogen functional groups attached to an aromatic ring is 2. The molecule has 2 unspecified atom stereocenters. The van der Waals surface area contributed by atoms with E-state index in [0.29, 0.717) is 5.39 Å². The smallest absolute Gasteiger partial charge is 0.383 e. The molecule has 44 heavy (non-hydrogen) atoms. The third-order valence-electron chi connectivity index (χ3n) is 7.28. The summed E-state index contributed by atoms with van der Waals surface area (Å²) in [7, 11) is -3.06. The Morgan fingerprint density at radius 2 is 1.86 bits per heavy atom. The highest BCUT2D eigenvalue weighted by Gasteiger charge is 2.55. The minimum absolute atomic E-state index is 0.0758. The molecule has 0 radical (unpaired) electrons. The summed E-state index contributed by atoms with van der Waals surface area (Å²) in [4.78, 5) is 41.6. The van der Waals surface area contributed by atoms with Crippen molar-refractivity contribution in [2.24, 2.45) is 0 Å². The van der Waals surface area contributed by atoms with Crippen LogP contribution < -0.4 is 17.0 Å². The Morgan fingerprint density at radius 3 is 2.68 bits per heavy atom. The molecule has 7 heterocycles. The molecule has 10 atom stereocenters. The van der Waals surface area contributed by atoms with Crippen LogP contribution in [-0.2, 0) is 43.9 Å². The van der Waals surface area contributed by atoms with E-state index in [1.165, 1.54) is 21.7 Å². The van der Waals surface area contributed by atoms with Crippen LogP contribution in [0, 0.1) is 0 Å². The zero-order valence-electron chi connectivity index (χ0n) is 22.0. The fraction of sp³-hybridized carbons (Fsp3) is 0.476. The van der Waals surface area contributed by atoms with Gasteiger partial charge in [-0.3, -0.25) is 18.9 Å².